The average Bonchev–Trinajstić information content (AvgIpc) is 2.18. The Bertz CT molecular complexity index is 325. The maximum Gasteiger partial charge on any atom is 0.0410 e. The molecule has 14 heavy (non-hydrogen) atoms. The molecule has 1 nitrogen and oxygen atoms in total. The van der Waals surface area contributed by atoms with Gasteiger partial charge in [0.1, 0.15) is 0 Å². The number of rotatable bonds is 4. The monoisotopic (exact) mass is 273 g/mol. The van der Waals surface area contributed by atoms with Gasteiger partial charge in [-0.15, -0.1) is 6.58 Å². The van der Waals surface area contributed by atoms with Crippen molar-refractivity contribution in [2.45, 2.75) is 18.9 Å². The van der Waals surface area contributed by atoms with Gasteiger partial charge in [-0.3, -0.25) is 0 Å². The van der Waals surface area contributed by atoms with Crippen LogP contribution in [0, 0.1) is 0 Å². The average molecular weight is 275 g/mol. The summed E-state index contributed by atoms with van der Waals surface area (Å²) in [5.74, 6) is 0. The van der Waals surface area contributed by atoms with Crippen LogP contribution in [-0.2, 0) is 0 Å². The molecular weight excluding hydrogens is 261 g/mol. The zero-order valence-electron chi connectivity index (χ0n) is 7.84. The highest BCUT2D eigenvalue weighted by Crippen LogP contribution is 2.27. The van der Waals surface area contributed by atoms with E-state index in [0.29, 0.717) is 0 Å². The molecule has 1 aromatic carbocycles. The number of allylic oxidation sites excluding steroid dienone is 1. The summed E-state index contributed by atoms with van der Waals surface area (Å²) in [7, 11) is 0. The quantitative estimate of drug-likeness (QED) is 0.823. The van der Waals surface area contributed by atoms with Gasteiger partial charge in [-0.2, -0.15) is 0 Å². The van der Waals surface area contributed by atoms with E-state index in [1.807, 2.05) is 24.3 Å². The second-order valence-corrected chi connectivity index (χ2v) is 4.43. The first kappa shape index (κ1) is 11.8. The summed E-state index contributed by atoms with van der Waals surface area (Å²) in [5.41, 5.74) is 7.07. The van der Waals surface area contributed by atoms with Crippen LogP contribution in [-0.4, -0.2) is 0 Å². The summed E-state index contributed by atoms with van der Waals surface area (Å²) in [6, 6.07) is 5.68. The first-order valence-corrected chi connectivity index (χ1v) is 5.63. The Hall–Kier alpha value is -0.310. The molecule has 0 fully saturated rings. The van der Waals surface area contributed by atoms with Crippen molar-refractivity contribution in [2.75, 3.05) is 0 Å². The zero-order valence-corrected chi connectivity index (χ0v) is 10.2. The predicted octanol–water partition coefficient (Wildman–Crippen LogP) is 4.07. The summed E-state index contributed by atoms with van der Waals surface area (Å²) in [6.45, 7) is 3.67. The minimum atomic E-state index is 0.0149. The standard InChI is InChI=1S/C11H13BrClN/c1-2-3-4-11(14)9-7-8(13)5-6-10(9)12/h2,5-7,11H,1,3-4,14H2/t11-/m0/s1. The van der Waals surface area contributed by atoms with Crippen LogP contribution in [0.2, 0.25) is 5.02 Å². The molecule has 76 valence electrons. The van der Waals surface area contributed by atoms with Crippen molar-refractivity contribution in [1.82, 2.24) is 0 Å². The van der Waals surface area contributed by atoms with Crippen LogP contribution in [0.1, 0.15) is 24.4 Å². The van der Waals surface area contributed by atoms with E-state index < -0.39 is 0 Å². The molecule has 0 spiro atoms. The molecule has 1 atom stereocenters. The normalized spacial score (nSPS) is 12.5. The van der Waals surface area contributed by atoms with Gasteiger partial charge in [-0.05, 0) is 36.6 Å². The first-order valence-electron chi connectivity index (χ1n) is 4.46. The van der Waals surface area contributed by atoms with Gasteiger partial charge >= 0.3 is 0 Å². The molecule has 2 N–H and O–H groups in total. The number of halogens is 2. The molecular formula is C11H13BrClN. The summed E-state index contributed by atoms with van der Waals surface area (Å²) >= 11 is 9.36. The predicted molar refractivity (Wildman–Crippen MR) is 65.5 cm³/mol. The molecule has 1 rings (SSSR count). The lowest BCUT2D eigenvalue weighted by Gasteiger charge is -2.13. The Labute approximate surface area is 98.1 Å². The van der Waals surface area contributed by atoms with Crippen LogP contribution in [0.25, 0.3) is 0 Å². The van der Waals surface area contributed by atoms with Gasteiger partial charge in [0.2, 0.25) is 0 Å². The highest BCUT2D eigenvalue weighted by molar-refractivity contribution is 9.10. The minimum Gasteiger partial charge on any atom is -0.324 e. The van der Waals surface area contributed by atoms with E-state index in [1.165, 1.54) is 0 Å². The second-order valence-electron chi connectivity index (χ2n) is 3.14. The van der Waals surface area contributed by atoms with E-state index >= 15 is 0 Å². The van der Waals surface area contributed by atoms with Crippen LogP contribution in [0.4, 0.5) is 0 Å². The molecule has 1 aromatic rings. The van der Waals surface area contributed by atoms with Crippen LogP contribution in [0.3, 0.4) is 0 Å². The first-order chi connectivity index (χ1) is 6.65. The summed E-state index contributed by atoms with van der Waals surface area (Å²) in [5, 5.41) is 0.720. The molecule has 0 heterocycles. The van der Waals surface area contributed by atoms with Crippen LogP contribution in [0.5, 0.6) is 0 Å². The molecule has 0 radical (unpaired) electrons. The molecule has 0 saturated heterocycles. The second kappa shape index (κ2) is 5.54. The zero-order chi connectivity index (χ0) is 10.6. The van der Waals surface area contributed by atoms with Crippen LogP contribution in [0.15, 0.2) is 35.3 Å². The Balaban J connectivity index is 2.82. The third-order valence-corrected chi connectivity index (χ3v) is 3.00. The van der Waals surface area contributed by atoms with Crippen molar-refractivity contribution < 1.29 is 0 Å². The number of benzene rings is 1. The molecule has 0 unspecified atom stereocenters. The lowest BCUT2D eigenvalue weighted by Crippen LogP contribution is -2.10. The van der Waals surface area contributed by atoms with Gasteiger partial charge in [-0.25, -0.2) is 0 Å². The molecule has 0 amide bonds. The lowest BCUT2D eigenvalue weighted by atomic mass is 10.0. The highest BCUT2D eigenvalue weighted by Gasteiger charge is 2.09. The van der Waals surface area contributed by atoms with Crippen molar-refractivity contribution in [3.05, 3.63) is 45.9 Å². The SMILES string of the molecule is C=CCC[C@H](N)c1cc(Cl)ccc1Br. The Morgan fingerprint density at radius 1 is 1.57 bits per heavy atom. The molecule has 0 bridgehead atoms. The number of hydrogen-bond donors (Lipinski definition) is 1. The van der Waals surface area contributed by atoms with Gasteiger partial charge < -0.3 is 5.73 Å². The Morgan fingerprint density at radius 2 is 2.29 bits per heavy atom. The van der Waals surface area contributed by atoms with Crippen LogP contribution < -0.4 is 5.73 Å². The molecule has 0 aliphatic heterocycles. The minimum absolute atomic E-state index is 0.0149. The summed E-state index contributed by atoms with van der Waals surface area (Å²) < 4.78 is 1.01. The summed E-state index contributed by atoms with van der Waals surface area (Å²) in [6.07, 6.45) is 3.68. The van der Waals surface area contributed by atoms with Crippen molar-refractivity contribution in [1.29, 1.82) is 0 Å². The van der Waals surface area contributed by atoms with Gasteiger partial charge in [0.15, 0.2) is 0 Å². The maximum absolute atomic E-state index is 6.01. The van der Waals surface area contributed by atoms with E-state index in [-0.39, 0.29) is 6.04 Å². The topological polar surface area (TPSA) is 26.0 Å². The fourth-order valence-electron chi connectivity index (χ4n) is 1.25. The largest absolute Gasteiger partial charge is 0.324 e. The van der Waals surface area contributed by atoms with E-state index in [4.69, 9.17) is 17.3 Å². The van der Waals surface area contributed by atoms with Gasteiger partial charge in [0.05, 0.1) is 0 Å². The Morgan fingerprint density at radius 3 is 2.93 bits per heavy atom. The maximum atomic E-state index is 6.01. The summed E-state index contributed by atoms with van der Waals surface area (Å²) in [4.78, 5) is 0. The van der Waals surface area contributed by atoms with E-state index in [2.05, 4.69) is 22.5 Å². The molecule has 0 aliphatic carbocycles. The van der Waals surface area contributed by atoms with Crippen LogP contribution >= 0.6 is 27.5 Å². The molecule has 0 saturated carbocycles. The lowest BCUT2D eigenvalue weighted by molar-refractivity contribution is 0.659. The van der Waals surface area contributed by atoms with Crippen molar-refractivity contribution in [3.63, 3.8) is 0 Å². The fraction of sp³-hybridized carbons (Fsp3) is 0.273. The van der Waals surface area contributed by atoms with Gasteiger partial charge in [0.25, 0.3) is 0 Å². The Kier molecular flexibility index (Phi) is 4.66. The third-order valence-electron chi connectivity index (χ3n) is 2.04. The molecule has 3 heteroatoms. The molecule has 0 aliphatic rings. The smallest absolute Gasteiger partial charge is 0.0410 e. The van der Waals surface area contributed by atoms with Crippen molar-refractivity contribution in [3.8, 4) is 0 Å². The van der Waals surface area contributed by atoms with E-state index in [0.717, 1.165) is 27.9 Å². The fourth-order valence-corrected chi connectivity index (χ4v) is 1.97. The number of hydrogen-bond acceptors (Lipinski definition) is 1. The van der Waals surface area contributed by atoms with Gasteiger partial charge in [-0.1, -0.05) is 33.6 Å². The van der Waals surface area contributed by atoms with E-state index in [1.54, 1.807) is 0 Å². The van der Waals surface area contributed by atoms with E-state index in [9.17, 15) is 0 Å². The number of nitrogens with two attached hydrogens (primary N) is 1. The highest BCUT2D eigenvalue weighted by atomic mass is 79.9. The third kappa shape index (κ3) is 3.12. The van der Waals surface area contributed by atoms with Crippen molar-refractivity contribution >= 4 is 27.5 Å². The molecule has 0 aromatic heterocycles. The van der Waals surface area contributed by atoms with Crippen molar-refractivity contribution in [2.24, 2.45) is 5.73 Å². The van der Waals surface area contributed by atoms with Gasteiger partial charge in [0, 0.05) is 15.5 Å².